The van der Waals surface area contributed by atoms with E-state index in [0.717, 1.165) is 54.4 Å². The van der Waals surface area contributed by atoms with Gasteiger partial charge in [0, 0.05) is 43.6 Å². The van der Waals surface area contributed by atoms with E-state index in [9.17, 15) is 0 Å². The molecule has 0 atom stereocenters. The number of hydrogen-bond acceptors (Lipinski definition) is 4. The number of aromatic nitrogens is 3. The average Bonchev–Trinajstić information content (AvgIpc) is 3.51. The summed E-state index contributed by atoms with van der Waals surface area (Å²) in [6, 6.07) is 47.7. The molecule has 213 valence electrons. The second-order valence-corrected chi connectivity index (χ2v) is 11.1. The summed E-state index contributed by atoms with van der Waals surface area (Å²) < 4.78 is 1.06. The molecule has 0 saturated heterocycles. The van der Waals surface area contributed by atoms with Gasteiger partial charge in [0.05, 0.1) is 0 Å². The first kappa shape index (κ1) is 30.2. The molecule has 5 heteroatoms. The van der Waals surface area contributed by atoms with E-state index in [1.54, 1.807) is 17.5 Å². The Balaban J connectivity index is 0.000000238. The minimum absolute atomic E-state index is 0. The summed E-state index contributed by atoms with van der Waals surface area (Å²) in [5.74, 6) is 0.456. The van der Waals surface area contributed by atoms with Crippen molar-refractivity contribution in [3.05, 3.63) is 151 Å². The van der Waals surface area contributed by atoms with Crippen LogP contribution in [0.25, 0.3) is 54.4 Å². The van der Waals surface area contributed by atoms with Gasteiger partial charge in [0.1, 0.15) is 5.01 Å². The second kappa shape index (κ2) is 14.3. The van der Waals surface area contributed by atoms with Gasteiger partial charge >= 0.3 is 0 Å². The molecule has 4 aromatic carbocycles. The zero-order chi connectivity index (χ0) is 28.7. The standard InChI is InChI=1S/C27H21N2S.C11H8N.Ir/c1-18(2)21-13-14-28-24(16-21)22-15-23(19-9-5-3-6-10-19)26-25(17-22)30-27(29-26)20-11-7-4-8-12-20;1-2-6-10(7-3-1)11-8-4-5-9-12-11;/h3-16,18H,1-2H3;1-6,8-9H;/q2*-1;. The summed E-state index contributed by atoms with van der Waals surface area (Å²) in [5.41, 5.74) is 9.65. The first-order valence-electron chi connectivity index (χ1n) is 14.0. The van der Waals surface area contributed by atoms with Gasteiger partial charge in [-0.1, -0.05) is 104 Å². The predicted molar refractivity (Wildman–Crippen MR) is 175 cm³/mol. The first-order chi connectivity index (χ1) is 20.7. The van der Waals surface area contributed by atoms with Crippen LogP contribution in [0.2, 0.25) is 0 Å². The number of hydrogen-bond donors (Lipinski definition) is 0. The second-order valence-electron chi connectivity index (χ2n) is 10.1. The summed E-state index contributed by atoms with van der Waals surface area (Å²) in [6.07, 6.45) is 3.68. The first-order valence-corrected chi connectivity index (χ1v) is 14.8. The summed E-state index contributed by atoms with van der Waals surface area (Å²) in [7, 11) is 0. The van der Waals surface area contributed by atoms with E-state index in [1.807, 2.05) is 60.8 Å². The van der Waals surface area contributed by atoms with Gasteiger partial charge in [-0.15, -0.1) is 64.9 Å². The number of nitrogens with zero attached hydrogens (tertiary/aromatic N) is 3. The quantitative estimate of drug-likeness (QED) is 0.165. The molecule has 0 aliphatic heterocycles. The minimum atomic E-state index is 0. The van der Waals surface area contributed by atoms with E-state index in [4.69, 9.17) is 4.98 Å². The van der Waals surface area contributed by atoms with Gasteiger partial charge in [-0.05, 0) is 39.7 Å². The molecule has 0 fully saturated rings. The fourth-order valence-corrected chi connectivity index (χ4v) is 5.66. The smallest absolute Gasteiger partial charge is 0.112 e. The number of pyridine rings is 2. The van der Waals surface area contributed by atoms with E-state index in [-0.39, 0.29) is 20.1 Å². The summed E-state index contributed by atoms with van der Waals surface area (Å²) in [5, 5.41) is 1.01. The Morgan fingerprint density at radius 2 is 1.35 bits per heavy atom. The SMILES string of the molecule is CC(C)c1ccnc(-c2[c-]c3sc(-c4ccccc4)nc3c(-c3ccccc3)c2)c1.[Ir].[c-]1ccccc1-c1ccccn1. The molecule has 7 aromatic rings. The maximum absolute atomic E-state index is 5.01. The van der Waals surface area contributed by atoms with Crippen LogP contribution in [-0.2, 0) is 20.1 Å². The third-order valence-corrected chi connectivity index (χ3v) is 7.92. The van der Waals surface area contributed by atoms with Crippen molar-refractivity contribution in [1.29, 1.82) is 0 Å². The molecule has 7 rings (SSSR count). The molecule has 1 radical (unpaired) electrons. The number of benzene rings is 4. The van der Waals surface area contributed by atoms with E-state index < -0.39 is 0 Å². The molecule has 43 heavy (non-hydrogen) atoms. The van der Waals surface area contributed by atoms with Crippen LogP contribution in [-0.4, -0.2) is 15.0 Å². The van der Waals surface area contributed by atoms with Crippen LogP contribution in [0.5, 0.6) is 0 Å². The molecular formula is C38H29IrN3S-2. The average molecular weight is 752 g/mol. The van der Waals surface area contributed by atoms with E-state index in [1.165, 1.54) is 5.56 Å². The van der Waals surface area contributed by atoms with Gasteiger partial charge in [-0.2, -0.15) is 0 Å². The molecule has 0 amide bonds. The van der Waals surface area contributed by atoms with Crippen LogP contribution in [0, 0.1) is 12.1 Å². The van der Waals surface area contributed by atoms with Crippen molar-refractivity contribution < 1.29 is 20.1 Å². The molecule has 0 unspecified atom stereocenters. The topological polar surface area (TPSA) is 38.7 Å². The van der Waals surface area contributed by atoms with Gasteiger partial charge < -0.3 is 9.97 Å². The number of rotatable bonds is 5. The largest absolute Gasteiger partial charge is 0.305 e. The fraction of sp³-hybridized carbons (Fsp3) is 0.0789. The molecule has 0 N–H and O–H groups in total. The van der Waals surface area contributed by atoms with Crippen LogP contribution >= 0.6 is 11.3 Å². The van der Waals surface area contributed by atoms with E-state index in [2.05, 4.69) is 103 Å². The Labute approximate surface area is 270 Å². The molecule has 0 spiro atoms. The minimum Gasteiger partial charge on any atom is -0.305 e. The number of thiazole rings is 1. The van der Waals surface area contributed by atoms with Crippen molar-refractivity contribution in [3.63, 3.8) is 0 Å². The van der Waals surface area contributed by atoms with Crippen molar-refractivity contribution in [2.45, 2.75) is 19.8 Å². The van der Waals surface area contributed by atoms with Crippen LogP contribution in [0.3, 0.4) is 0 Å². The van der Waals surface area contributed by atoms with Gasteiger partial charge in [-0.3, -0.25) is 4.98 Å². The molecule has 3 aromatic heterocycles. The van der Waals surface area contributed by atoms with Gasteiger partial charge in [-0.25, -0.2) is 0 Å². The molecule has 0 aliphatic rings. The Morgan fingerprint density at radius 1 is 0.651 bits per heavy atom. The Kier molecular flexibility index (Phi) is 10.0. The molecular weight excluding hydrogens is 723 g/mol. The molecule has 0 bridgehead atoms. The molecule has 3 nitrogen and oxygen atoms in total. The molecule has 0 saturated carbocycles. The van der Waals surface area contributed by atoms with Crippen LogP contribution in [0.1, 0.15) is 25.3 Å². The van der Waals surface area contributed by atoms with Crippen molar-refractivity contribution >= 4 is 21.6 Å². The van der Waals surface area contributed by atoms with Crippen LogP contribution in [0.4, 0.5) is 0 Å². The van der Waals surface area contributed by atoms with E-state index >= 15 is 0 Å². The molecule has 3 heterocycles. The Bertz CT molecular complexity index is 1850. The maximum Gasteiger partial charge on any atom is 0.112 e. The van der Waals surface area contributed by atoms with Gasteiger partial charge in [0.15, 0.2) is 0 Å². The monoisotopic (exact) mass is 752 g/mol. The van der Waals surface area contributed by atoms with Crippen molar-refractivity contribution in [1.82, 2.24) is 15.0 Å². The Hall–Kier alpha value is -4.28. The summed E-state index contributed by atoms with van der Waals surface area (Å²) >= 11 is 1.68. The summed E-state index contributed by atoms with van der Waals surface area (Å²) in [6.45, 7) is 4.41. The Morgan fingerprint density at radius 3 is 2.02 bits per heavy atom. The fourth-order valence-electron chi connectivity index (χ4n) is 4.67. The van der Waals surface area contributed by atoms with Crippen molar-refractivity contribution in [2.75, 3.05) is 0 Å². The maximum atomic E-state index is 5.01. The van der Waals surface area contributed by atoms with Crippen LogP contribution in [0.15, 0.2) is 134 Å². The van der Waals surface area contributed by atoms with Gasteiger partial charge in [0.2, 0.25) is 0 Å². The van der Waals surface area contributed by atoms with Crippen molar-refractivity contribution in [2.24, 2.45) is 0 Å². The normalized spacial score (nSPS) is 10.6. The van der Waals surface area contributed by atoms with Gasteiger partial charge in [0.25, 0.3) is 0 Å². The summed E-state index contributed by atoms with van der Waals surface area (Å²) in [4.78, 5) is 13.9. The van der Waals surface area contributed by atoms with Crippen molar-refractivity contribution in [3.8, 4) is 44.2 Å². The van der Waals surface area contributed by atoms with E-state index in [0.29, 0.717) is 5.92 Å². The zero-order valence-electron chi connectivity index (χ0n) is 23.9. The molecule has 0 aliphatic carbocycles. The number of fused-ring (bicyclic) bond motifs is 1. The predicted octanol–water partition coefficient (Wildman–Crippen LogP) is 10.2. The third-order valence-electron chi connectivity index (χ3n) is 6.90. The van der Waals surface area contributed by atoms with Crippen LogP contribution < -0.4 is 0 Å². The third kappa shape index (κ3) is 7.21. The zero-order valence-corrected chi connectivity index (χ0v) is 27.1.